The van der Waals surface area contributed by atoms with Gasteiger partial charge in [-0.2, -0.15) is 0 Å². The number of nitrogens with zero attached hydrogens (tertiary/aromatic N) is 1. The average molecular weight is 276 g/mol. The van der Waals surface area contributed by atoms with Gasteiger partial charge in [-0.05, 0) is 75.9 Å². The highest BCUT2D eigenvalue weighted by Crippen LogP contribution is 2.44. The van der Waals surface area contributed by atoms with Crippen LogP contribution >= 0.6 is 0 Å². The predicted octanol–water partition coefficient (Wildman–Crippen LogP) is 3.30. The van der Waals surface area contributed by atoms with Crippen molar-refractivity contribution in [3.8, 4) is 0 Å². The first-order chi connectivity index (χ1) is 9.72. The first-order valence-corrected chi connectivity index (χ1v) is 8.86. The molecular formula is C18H32N2. The van der Waals surface area contributed by atoms with Crippen LogP contribution in [0, 0.1) is 23.7 Å². The van der Waals surface area contributed by atoms with E-state index in [-0.39, 0.29) is 0 Å². The Labute approximate surface area is 125 Å². The van der Waals surface area contributed by atoms with Crippen LogP contribution in [0.3, 0.4) is 0 Å². The maximum Gasteiger partial charge on any atom is 0.00729 e. The molecule has 2 aliphatic carbocycles. The van der Waals surface area contributed by atoms with Gasteiger partial charge in [0.2, 0.25) is 0 Å². The molecule has 2 bridgehead atoms. The highest BCUT2D eigenvalue weighted by molar-refractivity contribution is 5.11. The standard InChI is InChI=1S/C18H32N2/c1-14(13-20-8-4-3-5-9-20)12-19-15(2)18-11-16-6-7-17(18)10-16/h6-7,14-19H,3-5,8-13H2,1-2H3. The van der Waals surface area contributed by atoms with Crippen molar-refractivity contribution in [3.63, 3.8) is 0 Å². The number of rotatable bonds is 6. The molecule has 5 atom stereocenters. The van der Waals surface area contributed by atoms with Crippen LogP contribution < -0.4 is 5.32 Å². The van der Waals surface area contributed by atoms with E-state index in [1.807, 2.05) is 0 Å². The van der Waals surface area contributed by atoms with Gasteiger partial charge in [0.1, 0.15) is 0 Å². The van der Waals surface area contributed by atoms with Crippen molar-refractivity contribution in [3.05, 3.63) is 12.2 Å². The van der Waals surface area contributed by atoms with Crippen LogP contribution in [0.5, 0.6) is 0 Å². The predicted molar refractivity (Wildman–Crippen MR) is 85.8 cm³/mol. The van der Waals surface area contributed by atoms with Gasteiger partial charge in [0, 0.05) is 12.6 Å². The normalized spacial score (nSPS) is 36.4. The minimum atomic E-state index is 0.693. The minimum absolute atomic E-state index is 0.693. The first kappa shape index (κ1) is 14.6. The molecule has 0 amide bonds. The quantitative estimate of drug-likeness (QED) is 0.749. The molecule has 0 aromatic rings. The van der Waals surface area contributed by atoms with Crippen molar-refractivity contribution in [2.45, 2.75) is 52.0 Å². The van der Waals surface area contributed by atoms with Gasteiger partial charge in [-0.15, -0.1) is 0 Å². The van der Waals surface area contributed by atoms with Gasteiger partial charge >= 0.3 is 0 Å². The minimum Gasteiger partial charge on any atom is -0.314 e. The van der Waals surface area contributed by atoms with E-state index in [4.69, 9.17) is 0 Å². The zero-order chi connectivity index (χ0) is 13.9. The molecule has 1 heterocycles. The van der Waals surface area contributed by atoms with Crippen LogP contribution in [0.15, 0.2) is 12.2 Å². The number of likely N-dealkylation sites (tertiary alicyclic amines) is 1. The molecule has 0 aromatic heterocycles. The van der Waals surface area contributed by atoms with Gasteiger partial charge in [-0.1, -0.05) is 25.5 Å². The molecule has 2 heteroatoms. The van der Waals surface area contributed by atoms with Gasteiger partial charge in [-0.3, -0.25) is 0 Å². The molecule has 5 unspecified atom stereocenters. The highest BCUT2D eigenvalue weighted by atomic mass is 15.1. The largest absolute Gasteiger partial charge is 0.314 e. The van der Waals surface area contributed by atoms with Crippen molar-refractivity contribution >= 4 is 0 Å². The topological polar surface area (TPSA) is 15.3 Å². The molecule has 0 spiro atoms. The van der Waals surface area contributed by atoms with Crippen LogP contribution in [0.1, 0.15) is 46.0 Å². The van der Waals surface area contributed by atoms with Crippen LogP contribution in [0.25, 0.3) is 0 Å². The zero-order valence-corrected chi connectivity index (χ0v) is 13.4. The number of allylic oxidation sites excluding steroid dienone is 2. The summed E-state index contributed by atoms with van der Waals surface area (Å²) in [6.45, 7) is 9.96. The Hall–Kier alpha value is -0.340. The number of hydrogen-bond acceptors (Lipinski definition) is 2. The second-order valence-corrected chi connectivity index (χ2v) is 7.61. The SMILES string of the molecule is CC(CNC(C)C1CC2C=CC1C2)CN1CCCCC1. The molecule has 1 aliphatic heterocycles. The lowest BCUT2D eigenvalue weighted by Crippen LogP contribution is -2.41. The Kier molecular flexibility index (Phi) is 4.83. The Balaban J connectivity index is 1.37. The van der Waals surface area contributed by atoms with E-state index in [0.29, 0.717) is 6.04 Å². The van der Waals surface area contributed by atoms with E-state index < -0.39 is 0 Å². The molecule has 3 rings (SSSR count). The summed E-state index contributed by atoms with van der Waals surface area (Å²) in [5, 5.41) is 3.84. The molecule has 2 nitrogen and oxygen atoms in total. The summed E-state index contributed by atoms with van der Waals surface area (Å²) < 4.78 is 0. The molecule has 114 valence electrons. The molecule has 1 saturated heterocycles. The Morgan fingerprint density at radius 1 is 1.10 bits per heavy atom. The summed E-state index contributed by atoms with van der Waals surface area (Å²) in [7, 11) is 0. The molecule has 1 N–H and O–H groups in total. The molecule has 2 fully saturated rings. The summed E-state index contributed by atoms with van der Waals surface area (Å²) in [5.74, 6) is 3.46. The number of fused-ring (bicyclic) bond motifs is 2. The molecule has 0 aromatic carbocycles. The fourth-order valence-corrected chi connectivity index (χ4v) is 4.58. The monoisotopic (exact) mass is 276 g/mol. The third kappa shape index (κ3) is 3.46. The van der Waals surface area contributed by atoms with E-state index in [1.165, 1.54) is 58.3 Å². The Morgan fingerprint density at radius 3 is 2.55 bits per heavy atom. The van der Waals surface area contributed by atoms with E-state index >= 15 is 0 Å². The van der Waals surface area contributed by atoms with Crippen LogP contribution in [-0.4, -0.2) is 37.1 Å². The van der Waals surface area contributed by atoms with Crippen molar-refractivity contribution in [1.29, 1.82) is 0 Å². The van der Waals surface area contributed by atoms with Crippen molar-refractivity contribution < 1.29 is 0 Å². The van der Waals surface area contributed by atoms with Crippen molar-refractivity contribution in [2.24, 2.45) is 23.7 Å². The van der Waals surface area contributed by atoms with Crippen molar-refractivity contribution in [1.82, 2.24) is 10.2 Å². The molecular weight excluding hydrogens is 244 g/mol. The van der Waals surface area contributed by atoms with E-state index in [0.717, 1.165) is 23.7 Å². The lowest BCUT2D eigenvalue weighted by atomic mass is 9.87. The average Bonchev–Trinajstić information content (AvgIpc) is 3.08. The third-order valence-electron chi connectivity index (χ3n) is 5.78. The third-order valence-corrected chi connectivity index (χ3v) is 5.78. The lowest BCUT2D eigenvalue weighted by molar-refractivity contribution is 0.194. The number of piperidine rings is 1. The maximum absolute atomic E-state index is 3.84. The van der Waals surface area contributed by atoms with Gasteiger partial charge < -0.3 is 10.2 Å². The fraction of sp³-hybridized carbons (Fsp3) is 0.889. The summed E-state index contributed by atoms with van der Waals surface area (Å²) >= 11 is 0. The molecule has 20 heavy (non-hydrogen) atoms. The summed E-state index contributed by atoms with van der Waals surface area (Å²) in [4.78, 5) is 2.67. The van der Waals surface area contributed by atoms with Gasteiger partial charge in [0.25, 0.3) is 0 Å². The Morgan fingerprint density at radius 2 is 1.90 bits per heavy atom. The van der Waals surface area contributed by atoms with Crippen molar-refractivity contribution in [2.75, 3.05) is 26.2 Å². The first-order valence-electron chi connectivity index (χ1n) is 8.86. The second-order valence-electron chi connectivity index (χ2n) is 7.61. The summed E-state index contributed by atoms with van der Waals surface area (Å²) in [6.07, 6.45) is 12.1. The van der Waals surface area contributed by atoms with Gasteiger partial charge in [0.15, 0.2) is 0 Å². The fourth-order valence-electron chi connectivity index (χ4n) is 4.58. The summed E-state index contributed by atoms with van der Waals surface area (Å²) in [6, 6.07) is 0.693. The zero-order valence-electron chi connectivity index (χ0n) is 13.4. The van der Waals surface area contributed by atoms with Crippen LogP contribution in [0.2, 0.25) is 0 Å². The molecule has 1 saturated carbocycles. The van der Waals surface area contributed by atoms with Gasteiger partial charge in [-0.25, -0.2) is 0 Å². The smallest absolute Gasteiger partial charge is 0.00729 e. The van der Waals surface area contributed by atoms with E-state index in [1.54, 1.807) is 0 Å². The number of nitrogens with one attached hydrogen (secondary N) is 1. The van der Waals surface area contributed by atoms with E-state index in [2.05, 4.69) is 36.2 Å². The maximum atomic E-state index is 3.84. The number of hydrogen-bond donors (Lipinski definition) is 1. The second kappa shape index (κ2) is 6.62. The highest BCUT2D eigenvalue weighted by Gasteiger charge is 2.38. The molecule has 3 aliphatic rings. The Bertz CT molecular complexity index is 332. The molecule has 0 radical (unpaired) electrons. The van der Waals surface area contributed by atoms with Gasteiger partial charge in [0.05, 0.1) is 0 Å². The van der Waals surface area contributed by atoms with E-state index in [9.17, 15) is 0 Å². The lowest BCUT2D eigenvalue weighted by Gasteiger charge is -2.31. The summed E-state index contributed by atoms with van der Waals surface area (Å²) in [5.41, 5.74) is 0. The van der Waals surface area contributed by atoms with Crippen LogP contribution in [0.4, 0.5) is 0 Å². The van der Waals surface area contributed by atoms with Crippen LogP contribution in [-0.2, 0) is 0 Å².